The van der Waals surface area contributed by atoms with E-state index >= 15 is 0 Å². The van der Waals surface area contributed by atoms with Crippen LogP contribution in [0.25, 0.3) is 0 Å². The van der Waals surface area contributed by atoms with Crippen LogP contribution in [0.2, 0.25) is 5.02 Å². The Balaban J connectivity index is 1.37. The number of pyridine rings is 1. The van der Waals surface area contributed by atoms with Crippen LogP contribution < -0.4 is 14.4 Å². The molecule has 11 heteroatoms. The summed E-state index contributed by atoms with van der Waals surface area (Å²) in [6.45, 7) is 7.79. The molecule has 284 valence electrons. The topological polar surface area (TPSA) is 107 Å². The number of carbonyl (C=O) groups is 1. The maximum atomic E-state index is 13.7. The zero-order chi connectivity index (χ0) is 37.5. The summed E-state index contributed by atoms with van der Waals surface area (Å²) in [7, 11) is -0.722. The second-order valence-corrected chi connectivity index (χ2v) is 18.2. The van der Waals surface area contributed by atoms with E-state index in [1.807, 2.05) is 31.3 Å². The molecule has 3 heterocycles. The minimum Gasteiger partial charge on any atom is -0.490 e. The van der Waals surface area contributed by atoms with Crippen molar-refractivity contribution in [2.24, 2.45) is 17.8 Å². The highest BCUT2D eigenvalue weighted by Gasteiger charge is 2.49. The molecule has 53 heavy (non-hydrogen) atoms. The van der Waals surface area contributed by atoms with E-state index < -0.39 is 27.5 Å². The standard InChI is InChI=1S/C42H52ClN3O6S/c1-6-42(33-19-32(22-44-23-33)40(50-4)51-5)18-7-9-27(2)28(3)53(48,49)45-39(47)30-12-16-38-37(21-30)46(24-31-11-14-36(31)42)25-41(26-52-38)17-8-10-29-20-34(43)13-15-35(29)41/h7,12-13,15-16,18-23,27-28,31,36,40H,6,8-11,14,17,24-26H2,1-5H3,(H,45,47)/b18-7+/t27-,28+,31-,36+,41-,42+/m0/s1. The number of fused-ring (bicyclic) bond motifs is 4. The number of aryl methyl sites for hydroxylation is 1. The molecule has 2 aromatic carbocycles. The predicted octanol–water partition coefficient (Wildman–Crippen LogP) is 7.92. The summed E-state index contributed by atoms with van der Waals surface area (Å²) in [5.41, 5.74) is 4.93. The minimum absolute atomic E-state index is 0.243. The molecule has 2 bridgehead atoms. The molecule has 0 radical (unpaired) electrons. The summed E-state index contributed by atoms with van der Waals surface area (Å²) < 4.78 is 47.7. The van der Waals surface area contributed by atoms with Crippen molar-refractivity contribution < 1.29 is 27.4 Å². The predicted molar refractivity (Wildman–Crippen MR) is 208 cm³/mol. The highest BCUT2D eigenvalue weighted by atomic mass is 35.5. The molecule has 0 saturated heterocycles. The molecule has 1 spiro atoms. The number of rotatable bonds is 5. The third kappa shape index (κ3) is 7.01. The lowest BCUT2D eigenvalue weighted by molar-refractivity contribution is -0.106. The van der Waals surface area contributed by atoms with Crippen molar-refractivity contribution in [1.29, 1.82) is 0 Å². The van der Waals surface area contributed by atoms with Gasteiger partial charge in [0.2, 0.25) is 10.0 Å². The Morgan fingerprint density at radius 3 is 2.64 bits per heavy atom. The van der Waals surface area contributed by atoms with Gasteiger partial charge in [0.15, 0.2) is 6.29 Å². The van der Waals surface area contributed by atoms with Gasteiger partial charge in [-0.2, -0.15) is 0 Å². The van der Waals surface area contributed by atoms with Gasteiger partial charge in [-0.1, -0.05) is 43.7 Å². The number of benzene rings is 2. The van der Waals surface area contributed by atoms with E-state index in [-0.39, 0.29) is 22.7 Å². The van der Waals surface area contributed by atoms with Gasteiger partial charge >= 0.3 is 0 Å². The Morgan fingerprint density at radius 2 is 1.91 bits per heavy atom. The van der Waals surface area contributed by atoms with Crippen LogP contribution in [-0.2, 0) is 36.7 Å². The Morgan fingerprint density at radius 1 is 1.09 bits per heavy atom. The van der Waals surface area contributed by atoms with Gasteiger partial charge in [-0.15, -0.1) is 0 Å². The number of methoxy groups -OCH3 is 2. The van der Waals surface area contributed by atoms with Crippen molar-refractivity contribution in [3.05, 3.63) is 99.9 Å². The van der Waals surface area contributed by atoms with Crippen LogP contribution in [0.1, 0.15) is 98.2 Å². The van der Waals surface area contributed by atoms with Crippen molar-refractivity contribution in [2.75, 3.05) is 38.8 Å². The van der Waals surface area contributed by atoms with E-state index in [4.69, 9.17) is 30.8 Å². The van der Waals surface area contributed by atoms with E-state index in [2.05, 4.69) is 46.9 Å². The van der Waals surface area contributed by atoms with Crippen molar-refractivity contribution in [2.45, 2.75) is 88.1 Å². The van der Waals surface area contributed by atoms with Gasteiger partial charge in [0.1, 0.15) is 5.75 Å². The molecule has 1 N–H and O–H groups in total. The van der Waals surface area contributed by atoms with Crippen LogP contribution in [0.15, 0.2) is 67.0 Å². The van der Waals surface area contributed by atoms with Crippen molar-refractivity contribution in [3.8, 4) is 5.75 Å². The summed E-state index contributed by atoms with van der Waals surface area (Å²) >= 11 is 6.50. The first-order valence-corrected chi connectivity index (χ1v) is 20.9. The number of aromatic nitrogens is 1. The molecule has 3 aromatic rings. The monoisotopic (exact) mass is 761 g/mol. The first-order chi connectivity index (χ1) is 25.4. The zero-order valence-electron chi connectivity index (χ0n) is 31.4. The average molecular weight is 762 g/mol. The van der Waals surface area contributed by atoms with E-state index in [0.717, 1.165) is 66.9 Å². The summed E-state index contributed by atoms with van der Waals surface area (Å²) in [5.74, 6) is 0.427. The average Bonchev–Trinajstić information content (AvgIpc) is 3.29. The fourth-order valence-electron chi connectivity index (χ4n) is 9.50. The number of hydrogen-bond acceptors (Lipinski definition) is 8. The molecule has 2 aliphatic carbocycles. The third-order valence-corrected chi connectivity index (χ3v) is 15.0. The molecule has 1 saturated carbocycles. The Bertz CT molecular complexity index is 1980. The van der Waals surface area contributed by atoms with Crippen LogP contribution in [0.4, 0.5) is 5.69 Å². The van der Waals surface area contributed by atoms with Gasteiger partial charge in [0.05, 0.1) is 17.5 Å². The fourth-order valence-corrected chi connectivity index (χ4v) is 11.0. The number of carbonyl (C=O) groups excluding carboxylic acids is 1. The molecule has 7 rings (SSSR count). The fraction of sp³-hybridized carbons (Fsp3) is 0.524. The number of halogens is 1. The molecule has 4 aliphatic rings. The summed E-state index contributed by atoms with van der Waals surface area (Å²) in [4.78, 5) is 20.8. The highest BCUT2D eigenvalue weighted by Crippen LogP contribution is 2.53. The number of nitrogens with zero attached hydrogens (tertiary/aromatic N) is 2. The number of allylic oxidation sites excluding steroid dienone is 2. The quantitative estimate of drug-likeness (QED) is 0.207. The Hall–Kier alpha value is -3.44. The van der Waals surface area contributed by atoms with Crippen molar-refractivity contribution in [1.82, 2.24) is 9.71 Å². The van der Waals surface area contributed by atoms with Crippen LogP contribution in [0.3, 0.4) is 0 Å². The number of amides is 1. The van der Waals surface area contributed by atoms with Gasteiger partial charge in [0, 0.05) is 66.7 Å². The Kier molecular flexibility index (Phi) is 10.7. The van der Waals surface area contributed by atoms with Crippen molar-refractivity contribution in [3.63, 3.8) is 0 Å². The third-order valence-electron chi connectivity index (χ3n) is 12.9. The van der Waals surface area contributed by atoms with Crippen LogP contribution >= 0.6 is 11.6 Å². The largest absolute Gasteiger partial charge is 0.490 e. The minimum atomic E-state index is -3.98. The number of anilines is 1. The molecule has 0 unspecified atom stereocenters. The second kappa shape index (κ2) is 15.0. The first kappa shape index (κ1) is 37.9. The molecule has 1 aromatic heterocycles. The van der Waals surface area contributed by atoms with Gasteiger partial charge in [-0.05, 0) is 123 Å². The molecular weight excluding hydrogens is 710 g/mol. The molecule has 1 amide bonds. The summed E-state index contributed by atoms with van der Waals surface area (Å²) in [5, 5.41) is -0.0638. The first-order valence-electron chi connectivity index (χ1n) is 19.0. The van der Waals surface area contributed by atoms with Gasteiger partial charge in [0.25, 0.3) is 5.91 Å². The molecule has 1 fully saturated rings. The van der Waals surface area contributed by atoms with Crippen molar-refractivity contribution >= 4 is 33.2 Å². The SMILES string of the molecule is CC[C@]1(c2cncc(C(OC)OC)c2)/C=C/C[C@H](C)[C@@H](C)S(=O)(=O)NC(=O)c2ccc3c(c2)N(C[C@@H]2CC[C@H]21)C[C@@]1(CCCc2cc(Cl)ccc21)CO3. The Labute approximate surface area is 319 Å². The second-order valence-electron chi connectivity index (χ2n) is 15.7. The van der Waals surface area contributed by atoms with E-state index in [9.17, 15) is 13.2 Å². The van der Waals surface area contributed by atoms with E-state index in [0.29, 0.717) is 36.8 Å². The lowest BCUT2D eigenvalue weighted by atomic mass is 9.55. The zero-order valence-corrected chi connectivity index (χ0v) is 33.0. The van der Waals surface area contributed by atoms with Crippen LogP contribution in [0, 0.1) is 17.8 Å². The van der Waals surface area contributed by atoms with Gasteiger partial charge in [-0.3, -0.25) is 9.78 Å². The normalized spacial score (nSPS) is 30.3. The lowest BCUT2D eigenvalue weighted by Gasteiger charge is -2.51. The number of nitrogens with one attached hydrogen (secondary N) is 1. The highest BCUT2D eigenvalue weighted by molar-refractivity contribution is 7.90. The summed E-state index contributed by atoms with van der Waals surface area (Å²) in [6, 6.07) is 13.8. The number of hydrogen-bond donors (Lipinski definition) is 1. The maximum absolute atomic E-state index is 13.7. The lowest BCUT2D eigenvalue weighted by Crippen LogP contribution is -2.51. The number of ether oxygens (including phenoxy) is 3. The summed E-state index contributed by atoms with van der Waals surface area (Å²) in [6.07, 6.45) is 14.1. The smallest absolute Gasteiger partial charge is 0.264 e. The molecule has 9 nitrogen and oxygen atoms in total. The van der Waals surface area contributed by atoms with Gasteiger partial charge in [-0.25, -0.2) is 13.1 Å². The molecule has 2 aliphatic heterocycles. The van der Waals surface area contributed by atoms with E-state index in [1.54, 1.807) is 33.4 Å². The molecular formula is C42H52ClN3O6S. The maximum Gasteiger partial charge on any atom is 0.264 e. The van der Waals surface area contributed by atoms with Gasteiger partial charge < -0.3 is 19.1 Å². The van der Waals surface area contributed by atoms with Crippen LogP contribution in [0.5, 0.6) is 5.75 Å². The molecule has 6 atom stereocenters. The van der Waals surface area contributed by atoms with E-state index in [1.165, 1.54) is 11.1 Å². The van der Waals surface area contributed by atoms with Crippen LogP contribution in [-0.4, -0.2) is 58.5 Å². The number of sulfonamides is 1.